The number of nitrogens with zero attached hydrogens (tertiary/aromatic N) is 3. The fraction of sp³-hybridized carbons (Fsp3) is 0.375. The molecule has 2 aromatic rings. The monoisotopic (exact) mass is 268 g/mol. The first-order chi connectivity index (χ1) is 9.72. The van der Waals surface area contributed by atoms with Crippen LogP contribution in [0.1, 0.15) is 18.4 Å². The lowest BCUT2D eigenvalue weighted by atomic mass is 10.1. The van der Waals surface area contributed by atoms with Crippen LogP contribution >= 0.6 is 0 Å². The van der Waals surface area contributed by atoms with Gasteiger partial charge < -0.3 is 10.6 Å². The van der Waals surface area contributed by atoms with Crippen LogP contribution in [-0.2, 0) is 0 Å². The Morgan fingerprint density at radius 2 is 2.00 bits per heavy atom. The van der Waals surface area contributed by atoms with Crippen molar-refractivity contribution in [1.29, 1.82) is 0 Å². The molecule has 1 aromatic heterocycles. The van der Waals surface area contributed by atoms with E-state index in [1.807, 2.05) is 12.3 Å². The van der Waals surface area contributed by atoms with Crippen molar-refractivity contribution in [3.05, 3.63) is 42.1 Å². The van der Waals surface area contributed by atoms with Gasteiger partial charge in [0.1, 0.15) is 0 Å². The first-order valence-corrected chi connectivity index (χ1v) is 7.13. The third-order valence-corrected chi connectivity index (χ3v) is 3.78. The molecule has 0 radical (unpaired) electrons. The minimum Gasteiger partial charge on any atom is -0.341 e. The average molecular weight is 268 g/mol. The van der Waals surface area contributed by atoms with Crippen LogP contribution < -0.4 is 10.6 Å². The van der Waals surface area contributed by atoms with Gasteiger partial charge in [-0.3, -0.25) is 0 Å². The Balaban J connectivity index is 1.86. The lowest BCUT2D eigenvalue weighted by Crippen LogP contribution is -2.40. The van der Waals surface area contributed by atoms with E-state index in [0.29, 0.717) is 6.04 Å². The summed E-state index contributed by atoms with van der Waals surface area (Å²) in [6.07, 6.45) is 3.87. The molecule has 1 aliphatic rings. The predicted molar refractivity (Wildman–Crippen MR) is 81.6 cm³/mol. The molecular formula is C16H20N4. The molecule has 104 valence electrons. The van der Waals surface area contributed by atoms with E-state index in [1.165, 1.54) is 5.56 Å². The zero-order valence-electron chi connectivity index (χ0n) is 11.8. The second-order valence-corrected chi connectivity index (χ2v) is 5.44. The molecule has 3 rings (SSSR count). The molecule has 0 saturated carbocycles. The molecule has 1 fully saturated rings. The standard InChI is InChI=1S/C16H20N4/c1-12-3-2-4-13(11-12)15-5-8-18-16(19-15)20-9-6-14(17)7-10-20/h2-5,8,11,14H,6-7,9-10,17H2,1H3. The van der Waals surface area contributed by atoms with Gasteiger partial charge in [0.25, 0.3) is 0 Å². The summed E-state index contributed by atoms with van der Waals surface area (Å²) in [6, 6.07) is 10.7. The molecule has 0 atom stereocenters. The Kier molecular flexibility index (Phi) is 3.65. The van der Waals surface area contributed by atoms with Crippen LogP contribution in [0.4, 0.5) is 5.95 Å². The minimum absolute atomic E-state index is 0.325. The van der Waals surface area contributed by atoms with Crippen LogP contribution in [0.5, 0.6) is 0 Å². The van der Waals surface area contributed by atoms with E-state index in [1.54, 1.807) is 0 Å². The van der Waals surface area contributed by atoms with Gasteiger partial charge in [-0.25, -0.2) is 9.97 Å². The SMILES string of the molecule is Cc1cccc(-c2ccnc(N3CCC(N)CC3)n2)c1. The van der Waals surface area contributed by atoms with E-state index < -0.39 is 0 Å². The summed E-state index contributed by atoms with van der Waals surface area (Å²) in [6.45, 7) is 3.98. The van der Waals surface area contributed by atoms with Crippen LogP contribution in [-0.4, -0.2) is 29.1 Å². The van der Waals surface area contributed by atoms with E-state index in [0.717, 1.165) is 43.1 Å². The summed E-state index contributed by atoms with van der Waals surface area (Å²) in [4.78, 5) is 11.3. The van der Waals surface area contributed by atoms with Gasteiger partial charge in [-0.2, -0.15) is 0 Å². The highest BCUT2D eigenvalue weighted by molar-refractivity contribution is 5.61. The van der Waals surface area contributed by atoms with Crippen molar-refractivity contribution in [3.63, 3.8) is 0 Å². The molecule has 0 spiro atoms. The number of aromatic nitrogens is 2. The highest BCUT2D eigenvalue weighted by Gasteiger charge is 2.18. The van der Waals surface area contributed by atoms with Crippen molar-refractivity contribution in [2.45, 2.75) is 25.8 Å². The van der Waals surface area contributed by atoms with Gasteiger partial charge in [0.2, 0.25) is 5.95 Å². The maximum absolute atomic E-state index is 5.95. The van der Waals surface area contributed by atoms with Gasteiger partial charge >= 0.3 is 0 Å². The summed E-state index contributed by atoms with van der Waals surface area (Å²) >= 11 is 0. The normalized spacial score (nSPS) is 16.4. The van der Waals surface area contributed by atoms with Crippen LogP contribution in [0.25, 0.3) is 11.3 Å². The third kappa shape index (κ3) is 2.80. The van der Waals surface area contributed by atoms with E-state index in [2.05, 4.69) is 41.1 Å². The Morgan fingerprint density at radius 1 is 1.20 bits per heavy atom. The van der Waals surface area contributed by atoms with Crippen molar-refractivity contribution in [1.82, 2.24) is 9.97 Å². The Morgan fingerprint density at radius 3 is 2.75 bits per heavy atom. The van der Waals surface area contributed by atoms with Crippen molar-refractivity contribution < 1.29 is 0 Å². The Labute approximate surface area is 119 Å². The summed E-state index contributed by atoms with van der Waals surface area (Å²) in [5.74, 6) is 0.816. The average Bonchev–Trinajstić information content (AvgIpc) is 2.48. The van der Waals surface area contributed by atoms with Crippen molar-refractivity contribution in [3.8, 4) is 11.3 Å². The molecule has 2 N–H and O–H groups in total. The number of nitrogens with two attached hydrogens (primary N) is 1. The second-order valence-electron chi connectivity index (χ2n) is 5.44. The molecule has 1 aliphatic heterocycles. The first-order valence-electron chi connectivity index (χ1n) is 7.13. The molecule has 0 aliphatic carbocycles. The number of hydrogen-bond acceptors (Lipinski definition) is 4. The summed E-state index contributed by atoms with van der Waals surface area (Å²) in [7, 11) is 0. The van der Waals surface area contributed by atoms with E-state index >= 15 is 0 Å². The highest BCUT2D eigenvalue weighted by atomic mass is 15.3. The molecular weight excluding hydrogens is 248 g/mol. The van der Waals surface area contributed by atoms with Crippen molar-refractivity contribution >= 4 is 5.95 Å². The Hall–Kier alpha value is -1.94. The number of benzene rings is 1. The van der Waals surface area contributed by atoms with Gasteiger partial charge in [0.15, 0.2) is 0 Å². The molecule has 20 heavy (non-hydrogen) atoms. The predicted octanol–water partition coefficient (Wildman–Crippen LogP) is 2.38. The molecule has 0 bridgehead atoms. The number of anilines is 1. The second kappa shape index (κ2) is 5.59. The zero-order chi connectivity index (χ0) is 13.9. The minimum atomic E-state index is 0.325. The van der Waals surface area contributed by atoms with Gasteiger partial charge in [0.05, 0.1) is 5.69 Å². The zero-order valence-corrected chi connectivity index (χ0v) is 11.8. The fourth-order valence-corrected chi connectivity index (χ4v) is 2.57. The fourth-order valence-electron chi connectivity index (χ4n) is 2.57. The summed E-state index contributed by atoms with van der Waals surface area (Å²) in [5, 5.41) is 0. The van der Waals surface area contributed by atoms with Crippen LogP contribution in [0.3, 0.4) is 0 Å². The van der Waals surface area contributed by atoms with E-state index in [9.17, 15) is 0 Å². The molecule has 4 heteroatoms. The van der Waals surface area contributed by atoms with Gasteiger partial charge in [-0.05, 0) is 31.9 Å². The number of hydrogen-bond donors (Lipinski definition) is 1. The van der Waals surface area contributed by atoms with Crippen LogP contribution in [0.2, 0.25) is 0 Å². The number of piperidine rings is 1. The topological polar surface area (TPSA) is 55.0 Å². The van der Waals surface area contributed by atoms with Crippen LogP contribution in [0.15, 0.2) is 36.5 Å². The molecule has 0 amide bonds. The molecule has 1 aromatic carbocycles. The first kappa shape index (κ1) is 13.1. The smallest absolute Gasteiger partial charge is 0.225 e. The van der Waals surface area contributed by atoms with Gasteiger partial charge in [0, 0.05) is 30.9 Å². The van der Waals surface area contributed by atoms with Gasteiger partial charge in [-0.1, -0.05) is 23.8 Å². The number of aryl methyl sites for hydroxylation is 1. The van der Waals surface area contributed by atoms with E-state index in [4.69, 9.17) is 10.7 Å². The maximum Gasteiger partial charge on any atom is 0.225 e. The molecule has 1 saturated heterocycles. The lowest BCUT2D eigenvalue weighted by Gasteiger charge is -2.30. The largest absolute Gasteiger partial charge is 0.341 e. The molecule has 0 unspecified atom stereocenters. The quantitative estimate of drug-likeness (QED) is 0.908. The maximum atomic E-state index is 5.95. The Bertz CT molecular complexity index is 589. The van der Waals surface area contributed by atoms with Crippen molar-refractivity contribution in [2.24, 2.45) is 5.73 Å². The number of rotatable bonds is 2. The van der Waals surface area contributed by atoms with Gasteiger partial charge in [-0.15, -0.1) is 0 Å². The summed E-state index contributed by atoms with van der Waals surface area (Å²) < 4.78 is 0. The third-order valence-electron chi connectivity index (χ3n) is 3.78. The lowest BCUT2D eigenvalue weighted by molar-refractivity contribution is 0.495. The van der Waals surface area contributed by atoms with Crippen molar-refractivity contribution in [2.75, 3.05) is 18.0 Å². The van der Waals surface area contributed by atoms with Crippen LogP contribution in [0, 0.1) is 6.92 Å². The van der Waals surface area contributed by atoms with E-state index in [-0.39, 0.29) is 0 Å². The molecule has 2 heterocycles. The highest BCUT2D eigenvalue weighted by Crippen LogP contribution is 2.21. The summed E-state index contributed by atoms with van der Waals surface area (Å²) in [5.41, 5.74) is 9.31. The molecule has 4 nitrogen and oxygen atoms in total.